The number of hydrogen-bond acceptors (Lipinski definition) is 5. The fraction of sp³-hybridized carbons (Fsp3) is 0.636. The van der Waals surface area contributed by atoms with Crippen LogP contribution in [-0.4, -0.2) is 35.1 Å². The highest BCUT2D eigenvalue weighted by Gasteiger charge is 2.32. The van der Waals surface area contributed by atoms with Gasteiger partial charge in [-0.05, 0) is 20.8 Å². The minimum atomic E-state index is -0.507. The molecule has 0 aromatic carbocycles. The molecule has 1 aromatic rings. The SMILES string of the molecule is Cc1cnc(OC[C@H]2COC(C)(C)O2)cn1. The molecule has 5 nitrogen and oxygen atoms in total. The fourth-order valence-corrected chi connectivity index (χ4v) is 1.48. The predicted molar refractivity (Wildman–Crippen MR) is 57.2 cm³/mol. The normalized spacial score (nSPS) is 23.3. The van der Waals surface area contributed by atoms with Crippen LogP contribution < -0.4 is 4.74 Å². The van der Waals surface area contributed by atoms with E-state index in [-0.39, 0.29) is 6.10 Å². The van der Waals surface area contributed by atoms with E-state index in [9.17, 15) is 0 Å². The number of aryl methyl sites for hydroxylation is 1. The van der Waals surface area contributed by atoms with E-state index in [4.69, 9.17) is 14.2 Å². The molecule has 0 amide bonds. The van der Waals surface area contributed by atoms with Gasteiger partial charge in [0.25, 0.3) is 0 Å². The topological polar surface area (TPSA) is 53.5 Å². The molecule has 0 radical (unpaired) electrons. The molecule has 0 saturated carbocycles. The third-order valence-corrected chi connectivity index (χ3v) is 2.24. The highest BCUT2D eigenvalue weighted by molar-refractivity contribution is 5.05. The molecular weight excluding hydrogens is 208 g/mol. The molecule has 1 atom stereocenters. The molecule has 0 bridgehead atoms. The fourth-order valence-electron chi connectivity index (χ4n) is 1.48. The summed E-state index contributed by atoms with van der Waals surface area (Å²) in [5.74, 6) is 0.00591. The summed E-state index contributed by atoms with van der Waals surface area (Å²) in [5.41, 5.74) is 0.869. The van der Waals surface area contributed by atoms with Gasteiger partial charge in [0.05, 0.1) is 24.7 Å². The van der Waals surface area contributed by atoms with Gasteiger partial charge in [-0.2, -0.15) is 0 Å². The molecule has 1 saturated heterocycles. The third kappa shape index (κ3) is 2.90. The molecule has 2 rings (SSSR count). The van der Waals surface area contributed by atoms with Crippen LogP contribution in [0, 0.1) is 6.92 Å². The van der Waals surface area contributed by atoms with Gasteiger partial charge in [-0.15, -0.1) is 0 Å². The van der Waals surface area contributed by atoms with Crippen molar-refractivity contribution >= 4 is 0 Å². The van der Waals surface area contributed by atoms with Gasteiger partial charge in [-0.1, -0.05) is 0 Å². The van der Waals surface area contributed by atoms with Crippen LogP contribution in [0.3, 0.4) is 0 Å². The zero-order chi connectivity index (χ0) is 11.6. The lowest BCUT2D eigenvalue weighted by atomic mass is 10.4. The van der Waals surface area contributed by atoms with Crippen LogP contribution >= 0.6 is 0 Å². The van der Waals surface area contributed by atoms with Gasteiger partial charge in [0.2, 0.25) is 5.88 Å². The Morgan fingerprint density at radius 1 is 1.44 bits per heavy atom. The summed E-state index contributed by atoms with van der Waals surface area (Å²) in [4.78, 5) is 8.19. The molecule has 1 aliphatic heterocycles. The highest BCUT2D eigenvalue weighted by Crippen LogP contribution is 2.22. The van der Waals surface area contributed by atoms with Crippen molar-refractivity contribution in [1.29, 1.82) is 0 Å². The maximum Gasteiger partial charge on any atom is 0.232 e. The molecule has 0 aliphatic carbocycles. The van der Waals surface area contributed by atoms with Crippen LogP contribution in [0.25, 0.3) is 0 Å². The van der Waals surface area contributed by atoms with E-state index in [2.05, 4.69) is 9.97 Å². The standard InChI is InChI=1S/C11H16N2O3/c1-8-4-13-10(5-12-8)14-6-9-7-15-11(2,3)16-9/h4-5,9H,6-7H2,1-3H3/t9-/m0/s1. The molecule has 0 unspecified atom stereocenters. The van der Waals surface area contributed by atoms with Crippen LogP contribution in [0.2, 0.25) is 0 Å². The van der Waals surface area contributed by atoms with Gasteiger partial charge in [-0.3, -0.25) is 4.98 Å². The molecular formula is C11H16N2O3. The predicted octanol–water partition coefficient (Wildman–Crippen LogP) is 1.32. The van der Waals surface area contributed by atoms with Crippen molar-refractivity contribution in [3.05, 3.63) is 18.1 Å². The summed E-state index contributed by atoms with van der Waals surface area (Å²) in [7, 11) is 0. The molecule has 0 N–H and O–H groups in total. The molecule has 88 valence electrons. The Labute approximate surface area is 94.8 Å². The Hall–Kier alpha value is -1.20. The molecule has 1 fully saturated rings. The lowest BCUT2D eigenvalue weighted by Gasteiger charge is -2.17. The Kier molecular flexibility index (Phi) is 3.07. The minimum absolute atomic E-state index is 0.0434. The van der Waals surface area contributed by atoms with E-state index in [1.54, 1.807) is 12.4 Å². The summed E-state index contributed by atoms with van der Waals surface area (Å²) in [5, 5.41) is 0. The Morgan fingerprint density at radius 3 is 2.81 bits per heavy atom. The third-order valence-electron chi connectivity index (χ3n) is 2.24. The first-order valence-electron chi connectivity index (χ1n) is 5.28. The van der Waals surface area contributed by atoms with Gasteiger partial charge in [0, 0.05) is 0 Å². The molecule has 0 spiro atoms. The Balaban J connectivity index is 1.82. The average Bonchev–Trinajstić information content (AvgIpc) is 2.58. The smallest absolute Gasteiger partial charge is 0.232 e. The largest absolute Gasteiger partial charge is 0.474 e. The van der Waals surface area contributed by atoms with Crippen molar-refractivity contribution < 1.29 is 14.2 Å². The second kappa shape index (κ2) is 4.35. The molecule has 1 aromatic heterocycles. The Bertz CT molecular complexity index is 351. The van der Waals surface area contributed by atoms with Crippen molar-refractivity contribution in [2.45, 2.75) is 32.7 Å². The minimum Gasteiger partial charge on any atom is -0.474 e. The summed E-state index contributed by atoms with van der Waals surface area (Å²) in [6.07, 6.45) is 3.24. The van der Waals surface area contributed by atoms with Crippen LogP contribution in [0.4, 0.5) is 0 Å². The van der Waals surface area contributed by atoms with Gasteiger partial charge in [-0.25, -0.2) is 4.98 Å². The first kappa shape index (κ1) is 11.3. The zero-order valence-corrected chi connectivity index (χ0v) is 9.77. The van der Waals surface area contributed by atoms with Crippen LogP contribution in [0.5, 0.6) is 5.88 Å². The van der Waals surface area contributed by atoms with Crippen molar-refractivity contribution in [2.24, 2.45) is 0 Å². The zero-order valence-electron chi connectivity index (χ0n) is 9.77. The van der Waals surface area contributed by atoms with Crippen molar-refractivity contribution in [1.82, 2.24) is 9.97 Å². The van der Waals surface area contributed by atoms with Crippen molar-refractivity contribution in [3.63, 3.8) is 0 Å². The van der Waals surface area contributed by atoms with Crippen molar-refractivity contribution in [3.8, 4) is 5.88 Å². The molecule has 2 heterocycles. The van der Waals surface area contributed by atoms with E-state index in [1.165, 1.54) is 0 Å². The summed E-state index contributed by atoms with van der Waals surface area (Å²) in [6, 6.07) is 0. The quantitative estimate of drug-likeness (QED) is 0.775. The van der Waals surface area contributed by atoms with E-state index in [1.807, 2.05) is 20.8 Å². The summed E-state index contributed by atoms with van der Waals surface area (Å²) >= 11 is 0. The van der Waals surface area contributed by atoms with E-state index in [0.717, 1.165) is 5.69 Å². The second-order valence-electron chi connectivity index (χ2n) is 4.26. The lowest BCUT2D eigenvalue weighted by molar-refractivity contribution is -0.141. The van der Waals surface area contributed by atoms with Gasteiger partial charge in [0.15, 0.2) is 5.79 Å². The molecule has 1 aliphatic rings. The average molecular weight is 224 g/mol. The van der Waals surface area contributed by atoms with Crippen LogP contribution in [-0.2, 0) is 9.47 Å². The highest BCUT2D eigenvalue weighted by atomic mass is 16.7. The summed E-state index contributed by atoms with van der Waals surface area (Å²) in [6.45, 7) is 6.64. The molecule has 5 heteroatoms. The first-order valence-corrected chi connectivity index (χ1v) is 5.28. The van der Waals surface area contributed by atoms with Gasteiger partial charge in [0.1, 0.15) is 12.7 Å². The van der Waals surface area contributed by atoms with E-state index < -0.39 is 5.79 Å². The number of hydrogen-bond donors (Lipinski definition) is 0. The lowest BCUT2D eigenvalue weighted by Crippen LogP contribution is -2.25. The van der Waals surface area contributed by atoms with Crippen LogP contribution in [0.15, 0.2) is 12.4 Å². The maximum absolute atomic E-state index is 5.60. The first-order chi connectivity index (χ1) is 7.55. The maximum atomic E-state index is 5.60. The van der Waals surface area contributed by atoms with Crippen molar-refractivity contribution in [2.75, 3.05) is 13.2 Å². The summed E-state index contributed by atoms with van der Waals surface area (Å²) < 4.78 is 16.5. The van der Waals surface area contributed by atoms with Gasteiger partial charge >= 0.3 is 0 Å². The second-order valence-corrected chi connectivity index (χ2v) is 4.26. The van der Waals surface area contributed by atoms with E-state index >= 15 is 0 Å². The Morgan fingerprint density at radius 2 is 2.25 bits per heavy atom. The van der Waals surface area contributed by atoms with E-state index in [0.29, 0.717) is 19.1 Å². The number of rotatable bonds is 3. The number of ether oxygens (including phenoxy) is 3. The number of aromatic nitrogens is 2. The molecule has 16 heavy (non-hydrogen) atoms. The van der Waals surface area contributed by atoms with Gasteiger partial charge < -0.3 is 14.2 Å². The van der Waals surface area contributed by atoms with Crippen LogP contribution in [0.1, 0.15) is 19.5 Å². The number of nitrogens with zero attached hydrogens (tertiary/aromatic N) is 2. The monoisotopic (exact) mass is 224 g/mol.